The van der Waals surface area contributed by atoms with Crippen LogP contribution in [0.25, 0.3) is 21.9 Å². The third-order valence-corrected chi connectivity index (χ3v) is 4.36. The van der Waals surface area contributed by atoms with Gasteiger partial charge in [-0.25, -0.2) is 4.98 Å². The number of hydrogen-bond donors (Lipinski definition) is 2. The second-order valence-corrected chi connectivity index (χ2v) is 5.80. The van der Waals surface area contributed by atoms with Crippen LogP contribution in [0.5, 0.6) is 0 Å². The molecule has 2 N–H and O–H groups in total. The van der Waals surface area contributed by atoms with Gasteiger partial charge in [0.15, 0.2) is 0 Å². The number of H-pyrrole nitrogens is 2. The van der Waals surface area contributed by atoms with Crippen LogP contribution in [-0.2, 0) is 12.8 Å². The topological polar surface area (TPSA) is 61.5 Å². The molecule has 0 saturated heterocycles. The van der Waals surface area contributed by atoms with Gasteiger partial charge in [-0.3, -0.25) is 4.79 Å². The first-order valence-corrected chi connectivity index (χ1v) is 7.76. The van der Waals surface area contributed by atoms with Gasteiger partial charge in [0.25, 0.3) is 5.56 Å². The summed E-state index contributed by atoms with van der Waals surface area (Å²) in [5, 5.41) is 1.10. The predicted octanol–water partition coefficient (Wildman–Crippen LogP) is 3.50. The molecule has 0 aliphatic rings. The Morgan fingerprint density at radius 3 is 2.48 bits per heavy atom. The molecule has 0 aliphatic carbocycles. The molecule has 0 fully saturated rings. The minimum atomic E-state index is -0.00249. The number of fused-ring (bicyclic) bond motifs is 2. The zero-order valence-electron chi connectivity index (χ0n) is 12.9. The molecule has 2 aromatic heterocycles. The summed E-state index contributed by atoms with van der Waals surface area (Å²) in [7, 11) is 0. The number of aromatic nitrogens is 3. The molecule has 4 nitrogen and oxygen atoms in total. The summed E-state index contributed by atoms with van der Waals surface area (Å²) in [4.78, 5) is 23.2. The first-order chi connectivity index (χ1) is 11.2. The Kier molecular flexibility index (Phi) is 3.23. The quantitative estimate of drug-likeness (QED) is 0.608. The van der Waals surface area contributed by atoms with Crippen molar-refractivity contribution in [1.29, 1.82) is 0 Å². The van der Waals surface area contributed by atoms with Gasteiger partial charge in [-0.15, -0.1) is 0 Å². The Hall–Kier alpha value is -2.88. The highest BCUT2D eigenvalue weighted by atomic mass is 16.1. The zero-order chi connectivity index (χ0) is 15.8. The van der Waals surface area contributed by atoms with E-state index in [-0.39, 0.29) is 5.56 Å². The van der Waals surface area contributed by atoms with Crippen molar-refractivity contribution in [3.8, 4) is 0 Å². The summed E-state index contributed by atoms with van der Waals surface area (Å²) in [5.41, 5.74) is 4.78. The lowest BCUT2D eigenvalue weighted by Crippen LogP contribution is -2.16. The number of pyridine rings is 1. The number of aromatic amines is 2. The molecular weight excluding hydrogens is 286 g/mol. The molecule has 23 heavy (non-hydrogen) atoms. The van der Waals surface area contributed by atoms with Gasteiger partial charge in [-0.2, -0.15) is 0 Å². The van der Waals surface area contributed by atoms with Crippen LogP contribution >= 0.6 is 0 Å². The van der Waals surface area contributed by atoms with Crippen LogP contribution in [0, 0.1) is 6.92 Å². The SMILES string of the molecule is Cc1c(CCc2nc3ccccc3[nH]2)c(=O)[nH]c2ccccc12. The van der Waals surface area contributed by atoms with Gasteiger partial charge in [-0.05, 0) is 37.1 Å². The zero-order valence-corrected chi connectivity index (χ0v) is 12.9. The Labute approximate surface area is 133 Å². The van der Waals surface area contributed by atoms with Crippen molar-refractivity contribution in [3.63, 3.8) is 0 Å². The number of imidazole rings is 1. The average molecular weight is 303 g/mol. The average Bonchev–Trinajstić information content (AvgIpc) is 2.97. The van der Waals surface area contributed by atoms with Crippen molar-refractivity contribution in [3.05, 3.63) is 75.8 Å². The molecule has 2 heterocycles. The second-order valence-electron chi connectivity index (χ2n) is 5.80. The largest absolute Gasteiger partial charge is 0.342 e. The molecule has 0 spiro atoms. The normalized spacial score (nSPS) is 11.3. The van der Waals surface area contributed by atoms with Crippen LogP contribution in [0.3, 0.4) is 0 Å². The molecule has 4 rings (SSSR count). The van der Waals surface area contributed by atoms with E-state index in [1.165, 1.54) is 0 Å². The Balaban J connectivity index is 1.68. The molecule has 0 bridgehead atoms. The fraction of sp³-hybridized carbons (Fsp3) is 0.158. The maximum atomic E-state index is 12.4. The van der Waals surface area contributed by atoms with E-state index < -0.39 is 0 Å². The highest BCUT2D eigenvalue weighted by molar-refractivity contribution is 5.82. The molecule has 4 heteroatoms. The van der Waals surface area contributed by atoms with Crippen LogP contribution in [0.1, 0.15) is 17.0 Å². The van der Waals surface area contributed by atoms with Crippen LogP contribution in [0.2, 0.25) is 0 Å². The molecule has 0 unspecified atom stereocenters. The third-order valence-electron chi connectivity index (χ3n) is 4.36. The third kappa shape index (κ3) is 2.42. The number of nitrogens with zero attached hydrogens (tertiary/aromatic N) is 1. The summed E-state index contributed by atoms with van der Waals surface area (Å²) in [6, 6.07) is 15.9. The number of benzene rings is 2. The van der Waals surface area contributed by atoms with E-state index in [2.05, 4.69) is 15.0 Å². The lowest BCUT2D eigenvalue weighted by molar-refractivity contribution is 0.872. The van der Waals surface area contributed by atoms with E-state index in [0.29, 0.717) is 6.42 Å². The number of rotatable bonds is 3. The fourth-order valence-corrected chi connectivity index (χ4v) is 3.12. The van der Waals surface area contributed by atoms with Crippen molar-refractivity contribution in [1.82, 2.24) is 15.0 Å². The van der Waals surface area contributed by atoms with E-state index in [4.69, 9.17) is 0 Å². The summed E-state index contributed by atoms with van der Waals surface area (Å²) in [6.07, 6.45) is 1.39. The molecular formula is C19H17N3O. The van der Waals surface area contributed by atoms with Gasteiger partial charge in [0.1, 0.15) is 5.82 Å². The van der Waals surface area contributed by atoms with Crippen molar-refractivity contribution in [2.24, 2.45) is 0 Å². The lowest BCUT2D eigenvalue weighted by Gasteiger charge is -2.08. The van der Waals surface area contributed by atoms with Crippen LogP contribution in [-0.4, -0.2) is 15.0 Å². The van der Waals surface area contributed by atoms with Crippen LogP contribution in [0.15, 0.2) is 53.3 Å². The van der Waals surface area contributed by atoms with E-state index in [1.807, 2.05) is 55.5 Å². The molecule has 0 saturated carbocycles. The summed E-state index contributed by atoms with van der Waals surface area (Å²) in [6.45, 7) is 2.02. The Morgan fingerprint density at radius 1 is 0.913 bits per heavy atom. The monoisotopic (exact) mass is 303 g/mol. The number of aryl methyl sites for hydroxylation is 2. The molecule has 2 aromatic carbocycles. The van der Waals surface area contributed by atoms with Crippen LogP contribution < -0.4 is 5.56 Å². The molecule has 4 aromatic rings. The first kappa shape index (κ1) is 13.8. The maximum Gasteiger partial charge on any atom is 0.251 e. The van der Waals surface area contributed by atoms with Gasteiger partial charge in [0.2, 0.25) is 0 Å². The Bertz CT molecular complexity index is 1030. The molecule has 0 atom stereocenters. The summed E-state index contributed by atoms with van der Waals surface area (Å²) in [5.74, 6) is 0.915. The van der Waals surface area contributed by atoms with Crippen molar-refractivity contribution >= 4 is 21.9 Å². The second kappa shape index (κ2) is 5.39. The van der Waals surface area contributed by atoms with Gasteiger partial charge < -0.3 is 9.97 Å². The molecule has 0 radical (unpaired) electrons. The van der Waals surface area contributed by atoms with Crippen molar-refractivity contribution in [2.45, 2.75) is 19.8 Å². The van der Waals surface area contributed by atoms with Crippen LogP contribution in [0.4, 0.5) is 0 Å². The molecule has 114 valence electrons. The maximum absolute atomic E-state index is 12.4. The molecule has 0 aliphatic heterocycles. The van der Waals surface area contributed by atoms with Gasteiger partial charge in [0, 0.05) is 22.9 Å². The minimum Gasteiger partial charge on any atom is -0.342 e. The van der Waals surface area contributed by atoms with E-state index in [9.17, 15) is 4.79 Å². The van der Waals surface area contributed by atoms with E-state index >= 15 is 0 Å². The predicted molar refractivity (Wildman–Crippen MR) is 92.8 cm³/mol. The Morgan fingerprint density at radius 2 is 1.65 bits per heavy atom. The number of nitrogens with one attached hydrogen (secondary N) is 2. The highest BCUT2D eigenvalue weighted by Gasteiger charge is 2.10. The van der Waals surface area contributed by atoms with Gasteiger partial charge in [-0.1, -0.05) is 30.3 Å². The van der Waals surface area contributed by atoms with E-state index in [0.717, 1.165) is 45.3 Å². The standard InChI is InChI=1S/C19H17N3O/c1-12-13-6-2-3-7-15(13)22-19(23)14(12)10-11-18-20-16-8-4-5-9-17(16)21-18/h2-9H,10-11H2,1H3,(H,20,21)(H,22,23). The summed E-state index contributed by atoms with van der Waals surface area (Å²) < 4.78 is 0. The minimum absolute atomic E-state index is 0.00249. The van der Waals surface area contributed by atoms with Gasteiger partial charge >= 0.3 is 0 Å². The fourth-order valence-electron chi connectivity index (χ4n) is 3.12. The lowest BCUT2D eigenvalue weighted by atomic mass is 10.0. The smallest absolute Gasteiger partial charge is 0.251 e. The number of hydrogen-bond acceptors (Lipinski definition) is 2. The first-order valence-electron chi connectivity index (χ1n) is 7.76. The number of para-hydroxylation sites is 3. The van der Waals surface area contributed by atoms with Crippen molar-refractivity contribution in [2.75, 3.05) is 0 Å². The van der Waals surface area contributed by atoms with Crippen molar-refractivity contribution < 1.29 is 0 Å². The summed E-state index contributed by atoms with van der Waals surface area (Å²) >= 11 is 0. The molecule has 0 amide bonds. The highest BCUT2D eigenvalue weighted by Crippen LogP contribution is 2.18. The van der Waals surface area contributed by atoms with E-state index in [1.54, 1.807) is 0 Å². The van der Waals surface area contributed by atoms with Gasteiger partial charge in [0.05, 0.1) is 11.0 Å².